The summed E-state index contributed by atoms with van der Waals surface area (Å²) in [5, 5.41) is 4.04. The van der Waals surface area contributed by atoms with Crippen LogP contribution in [0.5, 0.6) is 0 Å². The molecule has 1 aliphatic carbocycles. The monoisotopic (exact) mass is 267 g/mol. The Morgan fingerprint density at radius 2 is 2.17 bits per heavy atom. The average Bonchev–Trinajstić information content (AvgIpc) is 2.29. The van der Waals surface area contributed by atoms with Crippen LogP contribution in [0.2, 0.25) is 5.02 Å². The van der Waals surface area contributed by atoms with E-state index in [1.165, 1.54) is 5.56 Å². The molecule has 0 radical (unpaired) electrons. The zero-order valence-corrected chi connectivity index (χ0v) is 11.2. The van der Waals surface area contributed by atoms with E-state index in [0.717, 1.165) is 17.9 Å². The van der Waals surface area contributed by atoms with E-state index in [0.29, 0.717) is 25.1 Å². The van der Waals surface area contributed by atoms with E-state index in [9.17, 15) is 4.79 Å². The lowest BCUT2D eigenvalue weighted by atomic mass is 9.76. The van der Waals surface area contributed by atoms with Crippen LogP contribution in [0.25, 0.3) is 0 Å². The Kier molecular flexibility index (Phi) is 4.61. The molecule has 1 saturated carbocycles. The minimum atomic E-state index is -0.182. The first-order valence-electron chi connectivity index (χ1n) is 6.34. The third kappa shape index (κ3) is 3.24. The summed E-state index contributed by atoms with van der Waals surface area (Å²) in [5.74, 6) is 0.331. The molecule has 0 atom stereocenters. The number of benzene rings is 1. The molecular formula is C14H18ClNO2. The number of nitrogens with one attached hydrogen (secondary N) is 1. The first kappa shape index (κ1) is 13.4. The Morgan fingerprint density at radius 1 is 1.44 bits per heavy atom. The number of carbonyl (C=O) groups excluding carboxylic acids is 1. The predicted molar refractivity (Wildman–Crippen MR) is 71.9 cm³/mol. The third-order valence-electron chi connectivity index (χ3n) is 3.32. The van der Waals surface area contributed by atoms with Gasteiger partial charge in [-0.05, 0) is 37.3 Å². The van der Waals surface area contributed by atoms with Gasteiger partial charge in [-0.3, -0.25) is 4.79 Å². The second-order valence-corrected chi connectivity index (χ2v) is 4.98. The van der Waals surface area contributed by atoms with Crippen molar-refractivity contribution in [2.75, 3.05) is 13.2 Å². The molecule has 0 aliphatic heterocycles. The van der Waals surface area contributed by atoms with Gasteiger partial charge >= 0.3 is 5.97 Å². The highest BCUT2D eigenvalue weighted by molar-refractivity contribution is 6.31. The van der Waals surface area contributed by atoms with Gasteiger partial charge < -0.3 is 10.1 Å². The highest BCUT2D eigenvalue weighted by Gasteiger charge is 2.31. The molecule has 0 amide bonds. The van der Waals surface area contributed by atoms with Crippen molar-refractivity contribution in [2.45, 2.75) is 31.7 Å². The molecule has 0 saturated heterocycles. The molecule has 0 heterocycles. The molecule has 0 spiro atoms. The summed E-state index contributed by atoms with van der Waals surface area (Å²) < 4.78 is 4.87. The van der Waals surface area contributed by atoms with Crippen molar-refractivity contribution in [1.82, 2.24) is 5.32 Å². The minimum Gasteiger partial charge on any atom is -0.465 e. The zero-order valence-electron chi connectivity index (χ0n) is 10.5. The SMILES string of the molecule is CCOC(=O)CNC1CC(c2ccccc2Cl)C1. The van der Waals surface area contributed by atoms with Crippen LogP contribution in [0.4, 0.5) is 0 Å². The second kappa shape index (κ2) is 6.21. The van der Waals surface area contributed by atoms with Crippen molar-refractivity contribution in [3.63, 3.8) is 0 Å². The van der Waals surface area contributed by atoms with E-state index in [4.69, 9.17) is 16.3 Å². The fourth-order valence-corrected chi connectivity index (χ4v) is 2.57. The second-order valence-electron chi connectivity index (χ2n) is 4.57. The lowest BCUT2D eigenvalue weighted by Crippen LogP contribution is -2.42. The van der Waals surface area contributed by atoms with Gasteiger partial charge in [0.25, 0.3) is 0 Å². The molecular weight excluding hydrogens is 250 g/mol. The zero-order chi connectivity index (χ0) is 13.0. The first-order chi connectivity index (χ1) is 8.70. The van der Waals surface area contributed by atoms with Gasteiger partial charge in [0.15, 0.2) is 0 Å². The number of rotatable bonds is 5. The summed E-state index contributed by atoms with van der Waals surface area (Å²) in [4.78, 5) is 11.2. The number of hydrogen-bond donors (Lipinski definition) is 1. The van der Waals surface area contributed by atoms with Gasteiger partial charge in [-0.15, -0.1) is 0 Å². The fourth-order valence-electron chi connectivity index (χ4n) is 2.28. The summed E-state index contributed by atoms with van der Waals surface area (Å²) in [7, 11) is 0. The molecule has 0 unspecified atom stereocenters. The Balaban J connectivity index is 1.74. The normalized spacial score (nSPS) is 22.3. The first-order valence-corrected chi connectivity index (χ1v) is 6.72. The molecule has 4 heteroatoms. The fraction of sp³-hybridized carbons (Fsp3) is 0.500. The van der Waals surface area contributed by atoms with Crippen LogP contribution in [-0.2, 0) is 9.53 Å². The highest BCUT2D eigenvalue weighted by atomic mass is 35.5. The van der Waals surface area contributed by atoms with Crippen LogP contribution in [0.15, 0.2) is 24.3 Å². The van der Waals surface area contributed by atoms with Crippen molar-refractivity contribution in [1.29, 1.82) is 0 Å². The van der Waals surface area contributed by atoms with E-state index in [1.54, 1.807) is 0 Å². The number of ether oxygens (including phenoxy) is 1. The van der Waals surface area contributed by atoms with Crippen LogP contribution in [-0.4, -0.2) is 25.2 Å². The maximum atomic E-state index is 11.2. The van der Waals surface area contributed by atoms with Crippen molar-refractivity contribution in [3.05, 3.63) is 34.9 Å². The molecule has 1 aliphatic rings. The Morgan fingerprint density at radius 3 is 2.83 bits per heavy atom. The third-order valence-corrected chi connectivity index (χ3v) is 3.67. The van der Waals surface area contributed by atoms with Crippen LogP contribution < -0.4 is 5.32 Å². The molecule has 1 fully saturated rings. The average molecular weight is 268 g/mol. The quantitative estimate of drug-likeness (QED) is 0.834. The van der Waals surface area contributed by atoms with Gasteiger partial charge in [0, 0.05) is 11.1 Å². The number of esters is 1. The van der Waals surface area contributed by atoms with Crippen molar-refractivity contribution >= 4 is 17.6 Å². The Bertz CT molecular complexity index is 416. The van der Waals surface area contributed by atoms with Gasteiger partial charge in [0.2, 0.25) is 0 Å². The van der Waals surface area contributed by atoms with Gasteiger partial charge in [-0.2, -0.15) is 0 Å². The van der Waals surface area contributed by atoms with Gasteiger partial charge in [0.05, 0.1) is 13.2 Å². The number of halogens is 1. The summed E-state index contributed by atoms with van der Waals surface area (Å²) in [6.45, 7) is 2.55. The van der Waals surface area contributed by atoms with E-state index in [2.05, 4.69) is 11.4 Å². The van der Waals surface area contributed by atoms with E-state index in [1.807, 2.05) is 25.1 Å². The summed E-state index contributed by atoms with van der Waals surface area (Å²) >= 11 is 6.15. The largest absolute Gasteiger partial charge is 0.465 e. The number of carbonyl (C=O) groups is 1. The lowest BCUT2D eigenvalue weighted by molar-refractivity contribution is -0.142. The van der Waals surface area contributed by atoms with Crippen molar-refractivity contribution in [3.8, 4) is 0 Å². The van der Waals surface area contributed by atoms with E-state index in [-0.39, 0.29) is 5.97 Å². The van der Waals surface area contributed by atoms with Gasteiger partial charge in [-0.25, -0.2) is 0 Å². The van der Waals surface area contributed by atoms with Crippen molar-refractivity contribution < 1.29 is 9.53 Å². The van der Waals surface area contributed by atoms with E-state index < -0.39 is 0 Å². The van der Waals surface area contributed by atoms with E-state index >= 15 is 0 Å². The molecule has 0 aromatic heterocycles. The predicted octanol–water partition coefficient (Wildman–Crippen LogP) is 2.74. The molecule has 1 N–H and O–H groups in total. The van der Waals surface area contributed by atoms with Crippen LogP contribution >= 0.6 is 11.6 Å². The lowest BCUT2D eigenvalue weighted by Gasteiger charge is -2.36. The molecule has 3 nitrogen and oxygen atoms in total. The molecule has 18 heavy (non-hydrogen) atoms. The van der Waals surface area contributed by atoms with Crippen molar-refractivity contribution in [2.24, 2.45) is 0 Å². The topological polar surface area (TPSA) is 38.3 Å². The van der Waals surface area contributed by atoms with Crippen LogP contribution in [0.1, 0.15) is 31.2 Å². The van der Waals surface area contributed by atoms with Gasteiger partial charge in [0.1, 0.15) is 0 Å². The van der Waals surface area contributed by atoms with Crippen LogP contribution in [0.3, 0.4) is 0 Å². The summed E-state index contributed by atoms with van der Waals surface area (Å²) in [5.41, 5.74) is 1.22. The van der Waals surface area contributed by atoms with Gasteiger partial charge in [-0.1, -0.05) is 29.8 Å². The number of hydrogen-bond acceptors (Lipinski definition) is 3. The Labute approximate surface area is 112 Å². The highest BCUT2D eigenvalue weighted by Crippen LogP contribution is 2.39. The molecule has 1 aromatic carbocycles. The Hall–Kier alpha value is -1.06. The molecule has 98 valence electrons. The summed E-state index contributed by atoms with van der Waals surface area (Å²) in [6, 6.07) is 8.36. The molecule has 0 bridgehead atoms. The van der Waals surface area contributed by atoms with Crippen LogP contribution in [0, 0.1) is 0 Å². The maximum absolute atomic E-state index is 11.2. The molecule has 2 rings (SSSR count). The smallest absolute Gasteiger partial charge is 0.319 e. The standard InChI is InChI=1S/C14H18ClNO2/c1-2-18-14(17)9-16-11-7-10(8-11)12-5-3-4-6-13(12)15/h3-6,10-11,16H,2,7-9H2,1H3. The molecule has 1 aromatic rings. The summed E-state index contributed by atoms with van der Waals surface area (Å²) in [6.07, 6.45) is 2.06. The maximum Gasteiger partial charge on any atom is 0.319 e. The minimum absolute atomic E-state index is 0.182.